The van der Waals surface area contributed by atoms with Crippen molar-refractivity contribution < 1.29 is 14.2 Å². The quantitative estimate of drug-likeness (QED) is 0.605. The first kappa shape index (κ1) is 10.9. The van der Waals surface area contributed by atoms with E-state index in [4.69, 9.17) is 19.9 Å². The molecule has 2 N–H and O–H groups in total. The van der Waals surface area contributed by atoms with Gasteiger partial charge in [-0.15, -0.1) is 0 Å². The van der Waals surface area contributed by atoms with Crippen LogP contribution in [0.2, 0.25) is 0 Å². The van der Waals surface area contributed by atoms with Gasteiger partial charge in [0.15, 0.2) is 0 Å². The Balaban J connectivity index is 1.98. The molecule has 0 bridgehead atoms. The minimum atomic E-state index is -0.146. The van der Waals surface area contributed by atoms with E-state index in [9.17, 15) is 0 Å². The van der Waals surface area contributed by atoms with Crippen LogP contribution in [0.3, 0.4) is 0 Å². The van der Waals surface area contributed by atoms with E-state index in [2.05, 4.69) is 0 Å². The second-order valence-corrected chi connectivity index (χ2v) is 3.52. The summed E-state index contributed by atoms with van der Waals surface area (Å²) in [5, 5.41) is 0. The molecule has 0 aromatic carbocycles. The van der Waals surface area contributed by atoms with Crippen molar-refractivity contribution in [3.63, 3.8) is 0 Å². The molecule has 1 aliphatic heterocycles. The van der Waals surface area contributed by atoms with Crippen LogP contribution in [0.4, 0.5) is 0 Å². The molecular formula is C9H19NO3. The molecule has 0 aromatic rings. The number of methoxy groups -OCH3 is 1. The Bertz CT molecular complexity index is 135. The molecule has 13 heavy (non-hydrogen) atoms. The van der Waals surface area contributed by atoms with Crippen molar-refractivity contribution in [2.75, 3.05) is 40.1 Å². The maximum absolute atomic E-state index is 6.04. The monoisotopic (exact) mass is 189 g/mol. The van der Waals surface area contributed by atoms with E-state index in [1.807, 2.05) is 0 Å². The molecule has 0 amide bonds. The highest BCUT2D eigenvalue weighted by atomic mass is 16.5. The Kier molecular flexibility index (Phi) is 4.66. The highest BCUT2D eigenvalue weighted by Crippen LogP contribution is 2.18. The summed E-state index contributed by atoms with van der Waals surface area (Å²) < 4.78 is 15.4. The number of nitrogens with two attached hydrogens (primary N) is 1. The van der Waals surface area contributed by atoms with Crippen molar-refractivity contribution in [1.82, 2.24) is 0 Å². The first-order valence-corrected chi connectivity index (χ1v) is 4.70. The van der Waals surface area contributed by atoms with Gasteiger partial charge in [0, 0.05) is 25.9 Å². The van der Waals surface area contributed by atoms with E-state index in [1.54, 1.807) is 7.11 Å². The van der Waals surface area contributed by atoms with Crippen LogP contribution in [-0.2, 0) is 14.2 Å². The van der Waals surface area contributed by atoms with E-state index in [0.717, 1.165) is 19.4 Å². The molecule has 1 unspecified atom stereocenters. The summed E-state index contributed by atoms with van der Waals surface area (Å²) in [6.45, 7) is 3.44. The summed E-state index contributed by atoms with van der Waals surface area (Å²) in [5.41, 5.74) is 5.89. The van der Waals surface area contributed by atoms with Crippen LogP contribution in [0, 0.1) is 0 Å². The summed E-state index contributed by atoms with van der Waals surface area (Å²) in [5.74, 6) is 0. The molecule has 1 fully saturated rings. The van der Waals surface area contributed by atoms with Crippen molar-refractivity contribution in [1.29, 1.82) is 0 Å². The first-order valence-electron chi connectivity index (χ1n) is 4.70. The van der Waals surface area contributed by atoms with Gasteiger partial charge in [-0.3, -0.25) is 0 Å². The SMILES string of the molecule is COCCOCCC1(N)CCOC1. The molecule has 0 spiro atoms. The van der Waals surface area contributed by atoms with Crippen LogP contribution in [0.1, 0.15) is 12.8 Å². The zero-order valence-corrected chi connectivity index (χ0v) is 8.25. The average Bonchev–Trinajstić information content (AvgIpc) is 2.53. The number of rotatable bonds is 6. The summed E-state index contributed by atoms with van der Waals surface area (Å²) in [7, 11) is 1.67. The highest BCUT2D eigenvalue weighted by molar-refractivity contribution is 4.87. The van der Waals surface area contributed by atoms with Crippen LogP contribution in [-0.4, -0.2) is 45.7 Å². The third kappa shape index (κ3) is 4.04. The van der Waals surface area contributed by atoms with Gasteiger partial charge in [-0.1, -0.05) is 0 Å². The molecule has 0 aliphatic carbocycles. The van der Waals surface area contributed by atoms with Gasteiger partial charge in [0.1, 0.15) is 0 Å². The van der Waals surface area contributed by atoms with Gasteiger partial charge in [-0.2, -0.15) is 0 Å². The van der Waals surface area contributed by atoms with Gasteiger partial charge < -0.3 is 19.9 Å². The van der Waals surface area contributed by atoms with E-state index in [1.165, 1.54) is 0 Å². The van der Waals surface area contributed by atoms with Crippen LogP contribution in [0.25, 0.3) is 0 Å². The summed E-state index contributed by atoms with van der Waals surface area (Å²) in [4.78, 5) is 0. The van der Waals surface area contributed by atoms with Crippen LogP contribution in [0.15, 0.2) is 0 Å². The standard InChI is InChI=1S/C9H19NO3/c1-11-6-7-12-4-2-9(10)3-5-13-8-9/h2-8,10H2,1H3. The van der Waals surface area contributed by atoms with Crippen molar-refractivity contribution in [2.24, 2.45) is 5.73 Å². The molecule has 1 rings (SSSR count). The lowest BCUT2D eigenvalue weighted by atomic mass is 9.97. The zero-order valence-electron chi connectivity index (χ0n) is 8.25. The van der Waals surface area contributed by atoms with Crippen LogP contribution >= 0.6 is 0 Å². The van der Waals surface area contributed by atoms with Crippen LogP contribution < -0.4 is 5.73 Å². The van der Waals surface area contributed by atoms with Crippen molar-refractivity contribution in [3.05, 3.63) is 0 Å². The zero-order chi connectivity index (χ0) is 9.57. The second-order valence-electron chi connectivity index (χ2n) is 3.52. The smallest absolute Gasteiger partial charge is 0.0700 e. The molecule has 4 heteroatoms. The number of ether oxygens (including phenoxy) is 3. The van der Waals surface area contributed by atoms with Crippen LogP contribution in [0.5, 0.6) is 0 Å². The van der Waals surface area contributed by atoms with Crippen molar-refractivity contribution >= 4 is 0 Å². The summed E-state index contributed by atoms with van der Waals surface area (Å²) >= 11 is 0. The molecular weight excluding hydrogens is 170 g/mol. The Morgan fingerprint density at radius 2 is 2.23 bits per heavy atom. The third-order valence-corrected chi connectivity index (χ3v) is 2.31. The Labute approximate surface area is 79.3 Å². The predicted molar refractivity (Wildman–Crippen MR) is 49.7 cm³/mol. The third-order valence-electron chi connectivity index (χ3n) is 2.31. The fraction of sp³-hybridized carbons (Fsp3) is 1.00. The van der Waals surface area contributed by atoms with Crippen molar-refractivity contribution in [2.45, 2.75) is 18.4 Å². The Hall–Kier alpha value is -0.160. The summed E-state index contributed by atoms with van der Waals surface area (Å²) in [6.07, 6.45) is 1.82. The van der Waals surface area contributed by atoms with Gasteiger partial charge in [0.25, 0.3) is 0 Å². The number of hydrogen-bond acceptors (Lipinski definition) is 4. The highest BCUT2D eigenvalue weighted by Gasteiger charge is 2.29. The predicted octanol–water partition coefficient (Wildman–Crippen LogP) is 0.157. The van der Waals surface area contributed by atoms with E-state index < -0.39 is 0 Å². The Morgan fingerprint density at radius 1 is 1.38 bits per heavy atom. The van der Waals surface area contributed by atoms with Gasteiger partial charge >= 0.3 is 0 Å². The average molecular weight is 189 g/mol. The van der Waals surface area contributed by atoms with E-state index in [0.29, 0.717) is 26.4 Å². The molecule has 0 aromatic heterocycles. The molecule has 1 heterocycles. The minimum Gasteiger partial charge on any atom is -0.382 e. The lowest BCUT2D eigenvalue weighted by Gasteiger charge is -2.21. The first-order chi connectivity index (χ1) is 6.27. The van der Waals surface area contributed by atoms with E-state index >= 15 is 0 Å². The van der Waals surface area contributed by atoms with Crippen molar-refractivity contribution in [3.8, 4) is 0 Å². The largest absolute Gasteiger partial charge is 0.382 e. The maximum atomic E-state index is 6.04. The molecule has 0 radical (unpaired) electrons. The second kappa shape index (κ2) is 5.54. The minimum absolute atomic E-state index is 0.146. The topological polar surface area (TPSA) is 53.7 Å². The molecule has 78 valence electrons. The lowest BCUT2D eigenvalue weighted by Crippen LogP contribution is -2.41. The Morgan fingerprint density at radius 3 is 2.85 bits per heavy atom. The molecule has 1 atom stereocenters. The molecule has 1 aliphatic rings. The van der Waals surface area contributed by atoms with Gasteiger partial charge in [0.2, 0.25) is 0 Å². The van der Waals surface area contributed by atoms with Gasteiger partial charge in [0.05, 0.1) is 19.8 Å². The molecule has 1 saturated heterocycles. The fourth-order valence-corrected chi connectivity index (χ4v) is 1.34. The maximum Gasteiger partial charge on any atom is 0.0700 e. The van der Waals surface area contributed by atoms with Gasteiger partial charge in [-0.25, -0.2) is 0 Å². The van der Waals surface area contributed by atoms with E-state index in [-0.39, 0.29) is 5.54 Å². The molecule has 0 saturated carbocycles. The lowest BCUT2D eigenvalue weighted by molar-refractivity contribution is 0.0593. The molecule has 4 nitrogen and oxygen atoms in total. The van der Waals surface area contributed by atoms with Gasteiger partial charge in [-0.05, 0) is 12.8 Å². The summed E-state index contributed by atoms with van der Waals surface area (Å²) in [6, 6.07) is 0. The normalized spacial score (nSPS) is 28.2. The fourth-order valence-electron chi connectivity index (χ4n) is 1.34. The number of hydrogen-bond donors (Lipinski definition) is 1.